The second kappa shape index (κ2) is 8.84. The van der Waals surface area contributed by atoms with E-state index in [1.54, 1.807) is 19.0 Å². The number of hydrogen-bond donors (Lipinski definition) is 0. The van der Waals surface area contributed by atoms with E-state index in [-0.39, 0.29) is 5.91 Å². The molecule has 0 aromatic heterocycles. The van der Waals surface area contributed by atoms with E-state index in [0.717, 1.165) is 61.4 Å². The molecule has 5 heteroatoms. The lowest BCUT2D eigenvalue weighted by molar-refractivity contribution is 0.0826. The van der Waals surface area contributed by atoms with Crippen molar-refractivity contribution in [3.8, 4) is 6.07 Å². The van der Waals surface area contributed by atoms with Crippen molar-refractivity contribution >= 4 is 5.91 Å². The maximum atomic E-state index is 12.5. The molecular formula is C24H32N4O. The third-order valence-corrected chi connectivity index (χ3v) is 6.05. The summed E-state index contributed by atoms with van der Waals surface area (Å²) in [6.45, 7) is 10.0. The normalized spacial score (nSPS) is 20.0. The van der Waals surface area contributed by atoms with E-state index in [1.807, 2.05) is 6.92 Å². The summed E-state index contributed by atoms with van der Waals surface area (Å²) in [5, 5.41) is 9.44. The summed E-state index contributed by atoms with van der Waals surface area (Å²) in [6, 6.07) is 6.94. The fourth-order valence-electron chi connectivity index (χ4n) is 4.27. The van der Waals surface area contributed by atoms with Crippen LogP contribution in [-0.4, -0.2) is 60.4 Å². The molecule has 29 heavy (non-hydrogen) atoms. The minimum Gasteiger partial charge on any atom is -0.368 e. The van der Waals surface area contributed by atoms with Crippen molar-refractivity contribution in [3.63, 3.8) is 0 Å². The van der Waals surface area contributed by atoms with E-state index in [9.17, 15) is 10.1 Å². The molecule has 0 saturated carbocycles. The van der Waals surface area contributed by atoms with Crippen LogP contribution in [0.25, 0.3) is 0 Å². The Morgan fingerprint density at radius 1 is 1.17 bits per heavy atom. The Morgan fingerprint density at radius 2 is 1.90 bits per heavy atom. The SMILES string of the molecule is Cc1cc(C)c(C(=O)N(C)C)cc1CN1CCN(C2=CCCC=C2C#N)CC1C. The van der Waals surface area contributed by atoms with E-state index < -0.39 is 0 Å². The van der Waals surface area contributed by atoms with E-state index in [1.165, 1.54) is 11.1 Å². The topological polar surface area (TPSA) is 50.6 Å². The van der Waals surface area contributed by atoms with Gasteiger partial charge in [-0.15, -0.1) is 0 Å². The number of nitriles is 1. The summed E-state index contributed by atoms with van der Waals surface area (Å²) < 4.78 is 0. The molecule has 154 valence electrons. The van der Waals surface area contributed by atoms with Crippen molar-refractivity contribution in [2.75, 3.05) is 33.7 Å². The van der Waals surface area contributed by atoms with Crippen molar-refractivity contribution in [2.24, 2.45) is 0 Å². The number of rotatable bonds is 4. The molecule has 1 atom stereocenters. The highest BCUT2D eigenvalue weighted by Crippen LogP contribution is 2.26. The quantitative estimate of drug-likeness (QED) is 0.785. The maximum Gasteiger partial charge on any atom is 0.253 e. The zero-order valence-electron chi connectivity index (χ0n) is 18.3. The molecule has 0 bridgehead atoms. The fourth-order valence-corrected chi connectivity index (χ4v) is 4.27. The van der Waals surface area contributed by atoms with Crippen LogP contribution in [0.3, 0.4) is 0 Å². The molecule has 1 fully saturated rings. The van der Waals surface area contributed by atoms with Crippen LogP contribution in [0, 0.1) is 25.2 Å². The molecule has 1 aliphatic carbocycles. The van der Waals surface area contributed by atoms with Crippen LogP contribution >= 0.6 is 0 Å². The Labute approximate surface area is 174 Å². The van der Waals surface area contributed by atoms with Crippen LogP contribution in [-0.2, 0) is 6.54 Å². The molecular weight excluding hydrogens is 360 g/mol. The standard InChI is InChI=1S/C24H32N4O/c1-17-12-18(2)22(24(29)26(4)5)13-21(17)16-27-10-11-28(15-19(27)3)23-9-7-6-8-20(23)14-25/h8-9,12-13,19H,6-7,10-11,15-16H2,1-5H3. The molecule has 1 aliphatic heterocycles. The van der Waals surface area contributed by atoms with Gasteiger partial charge in [-0.2, -0.15) is 5.26 Å². The summed E-state index contributed by atoms with van der Waals surface area (Å²) in [6.07, 6.45) is 6.25. The Hall–Kier alpha value is -2.58. The van der Waals surface area contributed by atoms with Gasteiger partial charge in [0.15, 0.2) is 0 Å². The number of carbonyl (C=O) groups excluding carboxylic acids is 1. The van der Waals surface area contributed by atoms with Gasteiger partial charge in [-0.05, 0) is 56.4 Å². The highest BCUT2D eigenvalue weighted by Gasteiger charge is 2.27. The Morgan fingerprint density at radius 3 is 2.55 bits per heavy atom. The second-order valence-electron chi connectivity index (χ2n) is 8.46. The first-order chi connectivity index (χ1) is 13.8. The fraction of sp³-hybridized carbons (Fsp3) is 0.500. The Balaban J connectivity index is 1.74. The van der Waals surface area contributed by atoms with E-state index >= 15 is 0 Å². The molecule has 1 amide bonds. The number of hydrogen-bond acceptors (Lipinski definition) is 4. The first-order valence-electron chi connectivity index (χ1n) is 10.4. The van der Waals surface area contributed by atoms with Crippen LogP contribution < -0.4 is 0 Å². The number of nitrogens with zero attached hydrogens (tertiary/aromatic N) is 4. The molecule has 1 aromatic rings. The maximum absolute atomic E-state index is 12.5. The predicted molar refractivity (Wildman–Crippen MR) is 116 cm³/mol. The van der Waals surface area contributed by atoms with Crippen molar-refractivity contribution in [1.82, 2.24) is 14.7 Å². The van der Waals surface area contributed by atoms with Gasteiger partial charge in [-0.1, -0.05) is 18.2 Å². The van der Waals surface area contributed by atoms with Gasteiger partial charge in [0.1, 0.15) is 6.07 Å². The zero-order chi connectivity index (χ0) is 21.1. The summed E-state index contributed by atoms with van der Waals surface area (Å²) in [5.41, 5.74) is 6.20. The Bertz CT molecular complexity index is 891. The summed E-state index contributed by atoms with van der Waals surface area (Å²) in [4.78, 5) is 19.0. The number of piperazine rings is 1. The van der Waals surface area contributed by atoms with Gasteiger partial charge in [-0.3, -0.25) is 9.69 Å². The van der Waals surface area contributed by atoms with Gasteiger partial charge in [0.05, 0.1) is 11.3 Å². The first-order valence-corrected chi connectivity index (χ1v) is 10.4. The number of carbonyl (C=O) groups is 1. The molecule has 1 aromatic carbocycles. The third-order valence-electron chi connectivity index (χ3n) is 6.05. The van der Waals surface area contributed by atoms with Gasteiger partial charge in [0.25, 0.3) is 5.91 Å². The van der Waals surface area contributed by atoms with Crippen molar-refractivity contribution in [1.29, 1.82) is 5.26 Å². The largest absolute Gasteiger partial charge is 0.368 e. The van der Waals surface area contributed by atoms with Crippen LogP contribution in [0.1, 0.15) is 46.8 Å². The van der Waals surface area contributed by atoms with Crippen LogP contribution in [0.4, 0.5) is 0 Å². The number of benzene rings is 1. The number of amides is 1. The lowest BCUT2D eigenvalue weighted by Crippen LogP contribution is -2.51. The summed E-state index contributed by atoms with van der Waals surface area (Å²) >= 11 is 0. The van der Waals surface area contributed by atoms with Crippen molar-refractivity contribution in [2.45, 2.75) is 46.2 Å². The third kappa shape index (κ3) is 4.54. The highest BCUT2D eigenvalue weighted by atomic mass is 16.2. The van der Waals surface area contributed by atoms with Gasteiger partial charge >= 0.3 is 0 Å². The number of allylic oxidation sites excluding steroid dienone is 3. The predicted octanol–water partition coefficient (Wildman–Crippen LogP) is 3.64. The number of aryl methyl sites for hydroxylation is 2. The Kier molecular flexibility index (Phi) is 6.44. The lowest BCUT2D eigenvalue weighted by Gasteiger charge is -2.42. The minimum absolute atomic E-state index is 0.0571. The molecule has 3 rings (SSSR count). The molecule has 0 N–H and O–H groups in total. The van der Waals surface area contributed by atoms with Gasteiger partial charge in [0, 0.05) is 51.9 Å². The van der Waals surface area contributed by atoms with Gasteiger partial charge < -0.3 is 9.80 Å². The zero-order valence-corrected chi connectivity index (χ0v) is 18.3. The minimum atomic E-state index is 0.0571. The summed E-state index contributed by atoms with van der Waals surface area (Å²) in [7, 11) is 3.60. The van der Waals surface area contributed by atoms with E-state index in [4.69, 9.17) is 0 Å². The smallest absolute Gasteiger partial charge is 0.253 e. The average Bonchev–Trinajstić information content (AvgIpc) is 2.70. The molecule has 0 spiro atoms. The van der Waals surface area contributed by atoms with Crippen LogP contribution in [0.5, 0.6) is 0 Å². The monoisotopic (exact) mass is 392 g/mol. The molecule has 5 nitrogen and oxygen atoms in total. The van der Waals surface area contributed by atoms with Crippen LogP contribution in [0.2, 0.25) is 0 Å². The molecule has 1 unspecified atom stereocenters. The first kappa shape index (κ1) is 21.1. The van der Waals surface area contributed by atoms with E-state index in [2.05, 4.69) is 54.0 Å². The van der Waals surface area contributed by atoms with Gasteiger partial charge in [-0.25, -0.2) is 0 Å². The molecule has 1 heterocycles. The lowest BCUT2D eigenvalue weighted by atomic mass is 9.97. The van der Waals surface area contributed by atoms with Crippen LogP contribution in [0.15, 0.2) is 35.6 Å². The van der Waals surface area contributed by atoms with Crippen molar-refractivity contribution < 1.29 is 4.79 Å². The molecule has 1 saturated heterocycles. The summed E-state index contributed by atoms with van der Waals surface area (Å²) in [5.74, 6) is 0.0571. The molecule has 0 radical (unpaired) electrons. The molecule has 2 aliphatic rings. The second-order valence-corrected chi connectivity index (χ2v) is 8.46. The van der Waals surface area contributed by atoms with Gasteiger partial charge in [0.2, 0.25) is 0 Å². The average molecular weight is 393 g/mol. The van der Waals surface area contributed by atoms with Crippen molar-refractivity contribution in [3.05, 3.63) is 57.8 Å². The highest BCUT2D eigenvalue weighted by molar-refractivity contribution is 5.95. The van der Waals surface area contributed by atoms with E-state index in [0.29, 0.717) is 6.04 Å².